The van der Waals surface area contributed by atoms with E-state index in [1.165, 1.54) is 18.2 Å². The number of aryl methyl sites for hydroxylation is 2. The number of carbonyl (C=O) groups is 1. The summed E-state index contributed by atoms with van der Waals surface area (Å²) in [5.41, 5.74) is 1.83. The summed E-state index contributed by atoms with van der Waals surface area (Å²) in [4.78, 5) is 12.0. The molecule has 0 aliphatic rings. The maximum atomic E-state index is 13.6. The molecule has 3 nitrogen and oxygen atoms in total. The van der Waals surface area contributed by atoms with Crippen LogP contribution in [0, 0.1) is 19.7 Å². The van der Waals surface area contributed by atoms with Gasteiger partial charge >= 0.3 is 0 Å². The van der Waals surface area contributed by atoms with Gasteiger partial charge in [-0.15, -0.1) is 0 Å². The van der Waals surface area contributed by atoms with Crippen molar-refractivity contribution < 1.29 is 14.3 Å². The first-order valence-corrected chi connectivity index (χ1v) is 5.84. The van der Waals surface area contributed by atoms with Crippen molar-refractivity contribution in [1.82, 2.24) is 0 Å². The molecule has 0 atom stereocenters. The van der Waals surface area contributed by atoms with Crippen LogP contribution in [0.3, 0.4) is 0 Å². The summed E-state index contributed by atoms with van der Waals surface area (Å²) in [6, 6.07) is 9.22. The fourth-order valence-corrected chi connectivity index (χ4v) is 1.74. The Hall–Kier alpha value is -2.36. The Bertz CT molecular complexity index is 638. The van der Waals surface area contributed by atoms with E-state index in [2.05, 4.69) is 5.32 Å². The number of anilines is 1. The number of benzene rings is 2. The molecule has 0 heterocycles. The number of rotatable bonds is 2. The third kappa shape index (κ3) is 2.91. The second-order valence-corrected chi connectivity index (χ2v) is 4.46. The van der Waals surface area contributed by atoms with Crippen molar-refractivity contribution in [2.24, 2.45) is 0 Å². The lowest BCUT2D eigenvalue weighted by Crippen LogP contribution is -2.13. The van der Waals surface area contributed by atoms with Gasteiger partial charge in [0.1, 0.15) is 11.6 Å². The van der Waals surface area contributed by atoms with Crippen molar-refractivity contribution in [2.45, 2.75) is 13.8 Å². The monoisotopic (exact) mass is 259 g/mol. The number of nitrogens with one attached hydrogen (secondary N) is 1. The van der Waals surface area contributed by atoms with Crippen LogP contribution in [0.5, 0.6) is 5.75 Å². The van der Waals surface area contributed by atoms with Crippen molar-refractivity contribution in [3.63, 3.8) is 0 Å². The minimum absolute atomic E-state index is 0.0940. The minimum atomic E-state index is -0.538. The zero-order chi connectivity index (χ0) is 14.0. The number of amides is 1. The number of hydrogen-bond acceptors (Lipinski definition) is 2. The zero-order valence-electron chi connectivity index (χ0n) is 10.7. The SMILES string of the molecule is Cc1ccc(NC(=O)c2cc(C)ccc2O)c(F)c1. The van der Waals surface area contributed by atoms with E-state index in [0.29, 0.717) is 0 Å². The summed E-state index contributed by atoms with van der Waals surface area (Å²) in [6.07, 6.45) is 0. The minimum Gasteiger partial charge on any atom is -0.507 e. The van der Waals surface area contributed by atoms with E-state index in [0.717, 1.165) is 11.1 Å². The Morgan fingerprint density at radius 1 is 1.11 bits per heavy atom. The van der Waals surface area contributed by atoms with E-state index < -0.39 is 11.7 Å². The first kappa shape index (κ1) is 13.1. The van der Waals surface area contributed by atoms with Gasteiger partial charge in [-0.1, -0.05) is 17.7 Å². The quantitative estimate of drug-likeness (QED) is 0.868. The van der Waals surface area contributed by atoms with Crippen LogP contribution in [0.15, 0.2) is 36.4 Å². The Morgan fingerprint density at radius 3 is 2.42 bits per heavy atom. The first-order chi connectivity index (χ1) is 8.97. The van der Waals surface area contributed by atoms with Crippen LogP contribution in [-0.4, -0.2) is 11.0 Å². The highest BCUT2D eigenvalue weighted by Gasteiger charge is 2.13. The summed E-state index contributed by atoms with van der Waals surface area (Å²) in [5.74, 6) is -1.17. The van der Waals surface area contributed by atoms with Crippen molar-refractivity contribution in [3.05, 3.63) is 58.9 Å². The van der Waals surface area contributed by atoms with E-state index in [1.807, 2.05) is 6.92 Å². The summed E-state index contributed by atoms with van der Waals surface area (Å²) >= 11 is 0. The van der Waals surface area contributed by atoms with Gasteiger partial charge in [-0.25, -0.2) is 4.39 Å². The molecule has 98 valence electrons. The average Bonchev–Trinajstić information content (AvgIpc) is 2.35. The number of halogens is 1. The lowest BCUT2D eigenvalue weighted by molar-refractivity contribution is 0.102. The van der Waals surface area contributed by atoms with Crippen LogP contribution < -0.4 is 5.32 Å². The van der Waals surface area contributed by atoms with Gasteiger partial charge in [0.05, 0.1) is 11.3 Å². The maximum Gasteiger partial charge on any atom is 0.259 e. The number of phenolic OH excluding ortho intramolecular Hbond substituents is 1. The van der Waals surface area contributed by atoms with Gasteiger partial charge in [-0.05, 0) is 43.7 Å². The van der Waals surface area contributed by atoms with Gasteiger partial charge in [0.25, 0.3) is 5.91 Å². The largest absolute Gasteiger partial charge is 0.507 e. The fraction of sp³-hybridized carbons (Fsp3) is 0.133. The molecule has 0 aromatic heterocycles. The van der Waals surface area contributed by atoms with Crippen LogP contribution in [0.25, 0.3) is 0 Å². The second-order valence-electron chi connectivity index (χ2n) is 4.46. The Morgan fingerprint density at radius 2 is 1.74 bits per heavy atom. The third-order valence-electron chi connectivity index (χ3n) is 2.77. The molecule has 0 unspecified atom stereocenters. The van der Waals surface area contributed by atoms with Crippen molar-refractivity contribution in [3.8, 4) is 5.75 Å². The Kier molecular flexibility index (Phi) is 3.51. The molecule has 0 saturated carbocycles. The highest BCUT2D eigenvalue weighted by molar-refractivity contribution is 6.06. The molecule has 1 amide bonds. The van der Waals surface area contributed by atoms with Gasteiger partial charge in [-0.3, -0.25) is 4.79 Å². The molecule has 19 heavy (non-hydrogen) atoms. The summed E-state index contributed by atoms with van der Waals surface area (Å²) < 4.78 is 13.6. The van der Waals surface area contributed by atoms with Gasteiger partial charge in [-0.2, -0.15) is 0 Å². The summed E-state index contributed by atoms with van der Waals surface area (Å²) in [6.45, 7) is 3.57. The van der Waals surface area contributed by atoms with E-state index >= 15 is 0 Å². The topological polar surface area (TPSA) is 49.3 Å². The standard InChI is InChI=1S/C15H14FNO2/c1-9-4-6-14(18)11(7-9)15(19)17-13-5-3-10(2)8-12(13)16/h3-8,18H,1-2H3,(H,17,19). The molecule has 0 radical (unpaired) electrons. The molecule has 4 heteroatoms. The zero-order valence-corrected chi connectivity index (χ0v) is 10.7. The average molecular weight is 259 g/mol. The lowest BCUT2D eigenvalue weighted by Gasteiger charge is -2.09. The molecule has 0 aliphatic heterocycles. The molecular formula is C15H14FNO2. The molecule has 0 fully saturated rings. The van der Waals surface area contributed by atoms with E-state index in [4.69, 9.17) is 0 Å². The third-order valence-corrected chi connectivity index (χ3v) is 2.77. The molecule has 0 spiro atoms. The number of phenols is 1. The normalized spacial score (nSPS) is 10.3. The van der Waals surface area contributed by atoms with Gasteiger partial charge < -0.3 is 10.4 Å². The predicted molar refractivity (Wildman–Crippen MR) is 71.9 cm³/mol. The summed E-state index contributed by atoms with van der Waals surface area (Å²) in [5, 5.41) is 12.1. The van der Waals surface area contributed by atoms with Crippen molar-refractivity contribution >= 4 is 11.6 Å². The predicted octanol–water partition coefficient (Wildman–Crippen LogP) is 3.40. The molecule has 0 bridgehead atoms. The highest BCUT2D eigenvalue weighted by Crippen LogP contribution is 2.21. The maximum absolute atomic E-state index is 13.6. The van der Waals surface area contributed by atoms with Crippen LogP contribution in [0.4, 0.5) is 10.1 Å². The molecule has 2 aromatic rings. The first-order valence-electron chi connectivity index (χ1n) is 5.84. The van der Waals surface area contributed by atoms with Crippen LogP contribution in [-0.2, 0) is 0 Å². The molecular weight excluding hydrogens is 245 g/mol. The number of aromatic hydroxyl groups is 1. The Labute approximate surface area is 110 Å². The second kappa shape index (κ2) is 5.10. The van der Waals surface area contributed by atoms with Crippen LogP contribution >= 0.6 is 0 Å². The van der Waals surface area contributed by atoms with E-state index in [9.17, 15) is 14.3 Å². The number of carbonyl (C=O) groups excluding carboxylic acids is 1. The highest BCUT2D eigenvalue weighted by atomic mass is 19.1. The van der Waals surface area contributed by atoms with Crippen LogP contribution in [0.2, 0.25) is 0 Å². The van der Waals surface area contributed by atoms with Gasteiger partial charge in [0.2, 0.25) is 0 Å². The lowest BCUT2D eigenvalue weighted by atomic mass is 10.1. The molecule has 2 aromatic carbocycles. The van der Waals surface area contributed by atoms with E-state index in [1.54, 1.807) is 25.1 Å². The number of hydrogen-bond donors (Lipinski definition) is 2. The van der Waals surface area contributed by atoms with Crippen LogP contribution in [0.1, 0.15) is 21.5 Å². The van der Waals surface area contributed by atoms with Crippen molar-refractivity contribution in [1.29, 1.82) is 0 Å². The van der Waals surface area contributed by atoms with Crippen molar-refractivity contribution in [2.75, 3.05) is 5.32 Å². The fourth-order valence-electron chi connectivity index (χ4n) is 1.74. The Balaban J connectivity index is 2.28. The van der Waals surface area contributed by atoms with E-state index in [-0.39, 0.29) is 17.0 Å². The summed E-state index contributed by atoms with van der Waals surface area (Å²) in [7, 11) is 0. The molecule has 0 aliphatic carbocycles. The van der Waals surface area contributed by atoms with Gasteiger partial charge in [0, 0.05) is 0 Å². The smallest absolute Gasteiger partial charge is 0.259 e. The molecule has 0 saturated heterocycles. The van der Waals surface area contributed by atoms with Gasteiger partial charge in [0.15, 0.2) is 0 Å². The molecule has 2 rings (SSSR count). The molecule has 2 N–H and O–H groups in total.